The smallest absolute Gasteiger partial charge is 0.335 e. The van der Waals surface area contributed by atoms with Gasteiger partial charge in [0.25, 0.3) is 10.0 Å². The second-order valence-corrected chi connectivity index (χ2v) is 8.68. The summed E-state index contributed by atoms with van der Waals surface area (Å²) in [5.41, 5.74) is 2.03. The Kier molecular flexibility index (Phi) is 5.83. The second-order valence-electron chi connectivity index (χ2n) is 6.59. The Morgan fingerprint density at radius 1 is 1.18 bits per heavy atom. The Balaban J connectivity index is 2.04. The van der Waals surface area contributed by atoms with Crippen molar-refractivity contribution in [1.82, 2.24) is 0 Å². The molecule has 0 saturated carbocycles. The fraction of sp³-hybridized carbons (Fsp3) is 0.316. The van der Waals surface area contributed by atoms with Gasteiger partial charge in [-0.2, -0.15) is 0 Å². The van der Waals surface area contributed by atoms with E-state index in [-0.39, 0.29) is 10.5 Å². The number of halogens is 1. The van der Waals surface area contributed by atoms with E-state index in [1.165, 1.54) is 12.1 Å². The van der Waals surface area contributed by atoms with Gasteiger partial charge in [-0.1, -0.05) is 11.6 Å². The highest BCUT2D eigenvalue weighted by Gasteiger charge is 2.24. The van der Waals surface area contributed by atoms with Gasteiger partial charge in [-0.05, 0) is 55.3 Å². The number of nitrogens with one attached hydrogen (secondary N) is 1. The zero-order valence-electron chi connectivity index (χ0n) is 15.5. The van der Waals surface area contributed by atoms with Gasteiger partial charge >= 0.3 is 5.97 Å². The van der Waals surface area contributed by atoms with E-state index >= 15 is 0 Å². The number of hydrogen-bond donors (Lipinski definition) is 2. The van der Waals surface area contributed by atoms with E-state index < -0.39 is 16.0 Å². The van der Waals surface area contributed by atoms with Gasteiger partial charge in [0.2, 0.25) is 0 Å². The largest absolute Gasteiger partial charge is 0.478 e. The number of carbonyl (C=O) groups is 1. The molecule has 0 unspecified atom stereocenters. The monoisotopic (exact) mass is 424 g/mol. The minimum atomic E-state index is -4.03. The average molecular weight is 425 g/mol. The summed E-state index contributed by atoms with van der Waals surface area (Å²) in [6.45, 7) is 5.68. The number of morpholine rings is 1. The van der Waals surface area contributed by atoms with Crippen molar-refractivity contribution in [1.29, 1.82) is 0 Å². The van der Waals surface area contributed by atoms with Gasteiger partial charge in [-0.15, -0.1) is 0 Å². The van der Waals surface area contributed by atoms with Crippen LogP contribution in [0.3, 0.4) is 0 Å². The highest BCUT2D eigenvalue weighted by atomic mass is 35.5. The number of aryl methyl sites for hydroxylation is 1. The van der Waals surface area contributed by atoms with Gasteiger partial charge in [0, 0.05) is 18.1 Å². The van der Waals surface area contributed by atoms with Gasteiger partial charge in [0.1, 0.15) is 0 Å². The van der Waals surface area contributed by atoms with Crippen LogP contribution in [0.4, 0.5) is 11.4 Å². The number of carboxylic acid groups (broad SMARTS) is 1. The topological polar surface area (TPSA) is 95.9 Å². The molecule has 2 aromatic carbocycles. The molecular weight excluding hydrogens is 404 g/mol. The molecule has 150 valence electrons. The number of benzene rings is 2. The molecule has 1 heterocycles. The van der Waals surface area contributed by atoms with Gasteiger partial charge in [-0.3, -0.25) is 4.72 Å². The maximum Gasteiger partial charge on any atom is 0.335 e. The molecule has 1 aliphatic rings. The second kappa shape index (κ2) is 7.98. The van der Waals surface area contributed by atoms with Crippen LogP contribution in [-0.4, -0.2) is 45.8 Å². The van der Waals surface area contributed by atoms with E-state index in [0.717, 1.165) is 0 Å². The number of ether oxygens (including phenoxy) is 1. The van der Waals surface area contributed by atoms with E-state index in [1.54, 1.807) is 32.0 Å². The molecule has 3 rings (SSSR count). The lowest BCUT2D eigenvalue weighted by molar-refractivity contribution is 0.0696. The first kappa shape index (κ1) is 20.4. The minimum Gasteiger partial charge on any atom is -0.478 e. The zero-order valence-corrected chi connectivity index (χ0v) is 17.1. The number of carboxylic acids is 1. The summed E-state index contributed by atoms with van der Waals surface area (Å²) in [5, 5.41) is 9.67. The number of hydrogen-bond acceptors (Lipinski definition) is 5. The fourth-order valence-corrected chi connectivity index (χ4v) is 4.68. The van der Waals surface area contributed by atoms with Crippen LogP contribution in [0.1, 0.15) is 21.5 Å². The standard InChI is InChI=1S/C19H21ClN2O5S/c1-12-9-14(19(23)24)10-18(13(12)2)28(25,26)21-16-11-15(20)3-4-17(16)22-5-7-27-8-6-22/h3-4,9-11,21H,5-8H2,1-2H3,(H,23,24). The predicted octanol–water partition coefficient (Wildman–Crippen LogP) is 3.29. The summed E-state index contributed by atoms with van der Waals surface area (Å²) >= 11 is 6.10. The lowest BCUT2D eigenvalue weighted by Crippen LogP contribution is -2.36. The molecule has 0 bridgehead atoms. The van der Waals surface area contributed by atoms with Crippen LogP contribution in [0.15, 0.2) is 35.2 Å². The summed E-state index contributed by atoms with van der Waals surface area (Å²) in [4.78, 5) is 13.3. The molecule has 2 aromatic rings. The van der Waals surface area contributed by atoms with Gasteiger partial charge in [-0.25, -0.2) is 13.2 Å². The molecule has 2 N–H and O–H groups in total. The third-order valence-electron chi connectivity index (χ3n) is 4.71. The Labute approximate surface area is 168 Å². The van der Waals surface area contributed by atoms with Crippen molar-refractivity contribution in [3.05, 3.63) is 52.0 Å². The molecule has 0 atom stereocenters. The van der Waals surface area contributed by atoms with E-state index in [9.17, 15) is 18.3 Å². The van der Waals surface area contributed by atoms with Crippen molar-refractivity contribution in [3.63, 3.8) is 0 Å². The van der Waals surface area contributed by atoms with Crippen molar-refractivity contribution < 1.29 is 23.1 Å². The maximum absolute atomic E-state index is 13.1. The van der Waals surface area contributed by atoms with E-state index in [1.807, 2.05) is 4.90 Å². The molecule has 1 saturated heterocycles. The fourth-order valence-electron chi connectivity index (χ4n) is 3.10. The molecule has 1 fully saturated rings. The van der Waals surface area contributed by atoms with Crippen LogP contribution >= 0.6 is 11.6 Å². The van der Waals surface area contributed by atoms with E-state index in [4.69, 9.17) is 16.3 Å². The summed E-state index contributed by atoms with van der Waals surface area (Å²) in [6, 6.07) is 7.64. The molecule has 0 spiro atoms. The molecule has 0 radical (unpaired) electrons. The van der Waals surface area contributed by atoms with Crippen molar-refractivity contribution in [3.8, 4) is 0 Å². The maximum atomic E-state index is 13.1. The first-order valence-corrected chi connectivity index (χ1v) is 10.5. The molecule has 28 heavy (non-hydrogen) atoms. The summed E-state index contributed by atoms with van der Waals surface area (Å²) < 4.78 is 34.2. The Bertz CT molecular complexity index is 1020. The Morgan fingerprint density at radius 2 is 1.86 bits per heavy atom. The van der Waals surface area contributed by atoms with Gasteiger partial charge in [0.15, 0.2) is 0 Å². The minimum absolute atomic E-state index is 0.0715. The third kappa shape index (κ3) is 4.24. The number of sulfonamides is 1. The third-order valence-corrected chi connectivity index (χ3v) is 6.44. The number of nitrogens with zero attached hydrogens (tertiary/aromatic N) is 1. The lowest BCUT2D eigenvalue weighted by Gasteiger charge is -2.30. The molecule has 9 heteroatoms. The molecule has 0 aliphatic carbocycles. The van der Waals surface area contributed by atoms with Crippen LogP contribution in [0.25, 0.3) is 0 Å². The van der Waals surface area contributed by atoms with Gasteiger partial charge in [0.05, 0.1) is 35.0 Å². The molecule has 0 amide bonds. The average Bonchev–Trinajstić information content (AvgIpc) is 2.64. The first-order valence-electron chi connectivity index (χ1n) is 8.68. The number of anilines is 2. The molecule has 0 aromatic heterocycles. The number of rotatable bonds is 5. The molecular formula is C19H21ClN2O5S. The van der Waals surface area contributed by atoms with Crippen molar-refractivity contribution >= 4 is 39.0 Å². The SMILES string of the molecule is Cc1cc(C(=O)O)cc(S(=O)(=O)Nc2cc(Cl)ccc2N2CCOCC2)c1C. The highest BCUT2D eigenvalue weighted by molar-refractivity contribution is 7.92. The quantitative estimate of drug-likeness (QED) is 0.764. The van der Waals surface area contributed by atoms with Crippen molar-refractivity contribution in [2.45, 2.75) is 18.7 Å². The van der Waals surface area contributed by atoms with Crippen molar-refractivity contribution in [2.24, 2.45) is 0 Å². The Morgan fingerprint density at radius 3 is 2.50 bits per heavy atom. The first-order chi connectivity index (χ1) is 13.2. The van der Waals surface area contributed by atoms with Crippen LogP contribution < -0.4 is 9.62 Å². The van der Waals surface area contributed by atoms with Crippen LogP contribution in [-0.2, 0) is 14.8 Å². The summed E-state index contributed by atoms with van der Waals surface area (Å²) in [6.07, 6.45) is 0. The normalized spacial score (nSPS) is 14.8. The lowest BCUT2D eigenvalue weighted by atomic mass is 10.1. The van der Waals surface area contributed by atoms with Gasteiger partial charge < -0.3 is 14.7 Å². The predicted molar refractivity (Wildman–Crippen MR) is 108 cm³/mol. The molecule has 1 aliphatic heterocycles. The van der Waals surface area contributed by atoms with Crippen LogP contribution in [0.5, 0.6) is 0 Å². The van der Waals surface area contributed by atoms with Crippen LogP contribution in [0.2, 0.25) is 5.02 Å². The number of aromatic carboxylic acids is 1. The zero-order chi connectivity index (χ0) is 20.5. The summed E-state index contributed by atoms with van der Waals surface area (Å²) in [5.74, 6) is -1.18. The Hall–Kier alpha value is -2.29. The summed E-state index contributed by atoms with van der Waals surface area (Å²) in [7, 11) is -4.03. The van der Waals surface area contributed by atoms with Crippen molar-refractivity contribution in [2.75, 3.05) is 35.9 Å². The van der Waals surface area contributed by atoms with Crippen LogP contribution in [0, 0.1) is 13.8 Å². The molecule has 7 nitrogen and oxygen atoms in total. The highest BCUT2D eigenvalue weighted by Crippen LogP contribution is 2.32. The van der Waals surface area contributed by atoms with E-state index in [0.29, 0.717) is 53.8 Å². The van der Waals surface area contributed by atoms with E-state index in [2.05, 4.69) is 4.72 Å².